The maximum atomic E-state index is 4.94. The molecule has 0 atom stereocenters. The van der Waals surface area contributed by atoms with Crippen molar-refractivity contribution < 1.29 is 0 Å². The van der Waals surface area contributed by atoms with Crippen LogP contribution in [-0.4, -0.2) is 11.9 Å². The lowest BCUT2D eigenvalue weighted by Gasteiger charge is -2.15. The minimum Gasteiger partial charge on any atom is -0.255 e. The number of rotatable bonds is 12. The summed E-state index contributed by atoms with van der Waals surface area (Å²) in [6.07, 6.45) is 9.85. The Hall–Kier alpha value is -3.78. The van der Waals surface area contributed by atoms with Gasteiger partial charge in [-0.15, -0.1) is 0 Å². The van der Waals surface area contributed by atoms with Crippen molar-refractivity contribution in [3.05, 3.63) is 108 Å². The summed E-state index contributed by atoms with van der Waals surface area (Å²) in [4.78, 5) is 9.85. The van der Waals surface area contributed by atoms with Gasteiger partial charge >= 0.3 is 0 Å². The molecule has 4 aromatic carbocycles. The van der Waals surface area contributed by atoms with Crippen LogP contribution in [0.25, 0.3) is 22.3 Å². The molecule has 0 saturated carbocycles. The molecule has 0 radical (unpaired) electrons. The Kier molecular flexibility index (Phi) is 10.4. The largest absolute Gasteiger partial charge is 0.255 e. The molecule has 4 aromatic rings. The maximum absolute atomic E-state index is 4.94. The van der Waals surface area contributed by atoms with Crippen LogP contribution in [0.15, 0.2) is 101 Å². The molecular formula is C37H42N2. The number of hydrogen-bond acceptors (Lipinski definition) is 2. The number of nitrogens with zero attached hydrogens (tertiary/aromatic N) is 2. The zero-order valence-electron chi connectivity index (χ0n) is 24.1. The van der Waals surface area contributed by atoms with E-state index in [9.17, 15) is 0 Å². The Morgan fingerprint density at radius 1 is 0.641 bits per heavy atom. The Labute approximate surface area is 235 Å². The molecule has 0 saturated heterocycles. The fourth-order valence-corrected chi connectivity index (χ4v) is 5.18. The van der Waals surface area contributed by atoms with E-state index in [2.05, 4.69) is 112 Å². The molecule has 0 aliphatic carbocycles. The lowest BCUT2D eigenvalue weighted by atomic mass is 9.91. The van der Waals surface area contributed by atoms with Crippen LogP contribution in [0, 0.1) is 0 Å². The summed E-state index contributed by atoms with van der Waals surface area (Å²) < 4.78 is 0. The molecule has 4 rings (SSSR count). The summed E-state index contributed by atoms with van der Waals surface area (Å²) in [6.45, 7) is 8.79. The van der Waals surface area contributed by atoms with Gasteiger partial charge in [0.05, 0.1) is 17.1 Å². The van der Waals surface area contributed by atoms with Crippen LogP contribution in [0.1, 0.15) is 70.1 Å². The van der Waals surface area contributed by atoms with Crippen molar-refractivity contribution in [2.75, 3.05) is 0 Å². The van der Waals surface area contributed by atoms with Crippen LogP contribution in [0.4, 0.5) is 11.4 Å². The average Bonchev–Trinajstić information content (AvgIpc) is 2.98. The maximum Gasteiger partial charge on any atom is 0.0639 e. The van der Waals surface area contributed by atoms with E-state index in [4.69, 9.17) is 9.98 Å². The molecule has 200 valence electrons. The standard InChI is InChI=1S/C37H42N2/c1-5-8-16-31-22-23-33(25-36(31)29-18-12-10-13-19-29)39-28(4)27-38-34-24-32(17-9-6-2)35(7-3)37(26-34)30-20-14-11-15-21-30/h10-15,18-27H,5-9,16-17H2,1-4H3. The van der Waals surface area contributed by atoms with Crippen molar-refractivity contribution in [3.8, 4) is 22.3 Å². The van der Waals surface area contributed by atoms with Gasteiger partial charge < -0.3 is 0 Å². The SMILES string of the molecule is CCCCc1ccc(N=C(C)C=Nc2cc(CCCC)c(CC)c(-c3ccccc3)c2)cc1-c1ccccc1. The van der Waals surface area contributed by atoms with Gasteiger partial charge in [-0.25, -0.2) is 0 Å². The Morgan fingerprint density at radius 2 is 1.23 bits per heavy atom. The second-order valence-electron chi connectivity index (χ2n) is 10.3. The molecule has 2 heteroatoms. The highest BCUT2D eigenvalue weighted by molar-refractivity contribution is 6.30. The van der Waals surface area contributed by atoms with E-state index in [0.29, 0.717) is 0 Å². The predicted octanol–water partition coefficient (Wildman–Crippen LogP) is 10.8. The molecule has 39 heavy (non-hydrogen) atoms. The zero-order valence-corrected chi connectivity index (χ0v) is 24.1. The van der Waals surface area contributed by atoms with Gasteiger partial charge in [0.2, 0.25) is 0 Å². The normalized spacial score (nSPS) is 11.8. The lowest BCUT2D eigenvalue weighted by molar-refractivity contribution is 0.787. The van der Waals surface area contributed by atoms with Crippen molar-refractivity contribution in [2.24, 2.45) is 9.98 Å². The predicted molar refractivity (Wildman–Crippen MR) is 171 cm³/mol. The van der Waals surface area contributed by atoms with E-state index in [1.54, 1.807) is 0 Å². The fraction of sp³-hybridized carbons (Fsp3) is 0.297. The van der Waals surface area contributed by atoms with Crippen molar-refractivity contribution in [1.82, 2.24) is 0 Å². The topological polar surface area (TPSA) is 24.7 Å². The zero-order chi connectivity index (χ0) is 27.5. The minimum absolute atomic E-state index is 0.895. The van der Waals surface area contributed by atoms with Crippen LogP contribution in [-0.2, 0) is 19.3 Å². The van der Waals surface area contributed by atoms with E-state index in [1.807, 2.05) is 13.1 Å². The fourth-order valence-electron chi connectivity index (χ4n) is 5.18. The first-order valence-electron chi connectivity index (χ1n) is 14.6. The van der Waals surface area contributed by atoms with Gasteiger partial charge in [0.25, 0.3) is 0 Å². The Balaban J connectivity index is 1.66. The molecule has 0 aliphatic heterocycles. The van der Waals surface area contributed by atoms with Crippen LogP contribution >= 0.6 is 0 Å². The summed E-state index contributed by atoms with van der Waals surface area (Å²) in [5.74, 6) is 0. The van der Waals surface area contributed by atoms with Gasteiger partial charge in [-0.05, 0) is 102 Å². The molecular weight excluding hydrogens is 472 g/mol. The van der Waals surface area contributed by atoms with Gasteiger partial charge in [-0.1, -0.05) is 100 Å². The highest BCUT2D eigenvalue weighted by Crippen LogP contribution is 2.33. The quantitative estimate of drug-likeness (QED) is 0.168. The second-order valence-corrected chi connectivity index (χ2v) is 10.3. The van der Waals surface area contributed by atoms with Crippen molar-refractivity contribution in [3.63, 3.8) is 0 Å². The van der Waals surface area contributed by atoms with Gasteiger partial charge in [0.1, 0.15) is 0 Å². The lowest BCUT2D eigenvalue weighted by Crippen LogP contribution is -1.98. The van der Waals surface area contributed by atoms with Gasteiger partial charge in [-0.2, -0.15) is 0 Å². The number of unbranched alkanes of at least 4 members (excludes halogenated alkanes) is 2. The minimum atomic E-state index is 0.895. The molecule has 0 bridgehead atoms. The molecule has 0 N–H and O–H groups in total. The molecule has 0 spiro atoms. The summed E-state index contributed by atoms with van der Waals surface area (Å²) >= 11 is 0. The third-order valence-corrected chi connectivity index (χ3v) is 7.25. The Bertz CT molecular complexity index is 1400. The summed E-state index contributed by atoms with van der Waals surface area (Å²) in [5.41, 5.74) is 12.2. The number of benzene rings is 4. The van der Waals surface area contributed by atoms with Crippen LogP contribution in [0.2, 0.25) is 0 Å². The third kappa shape index (κ3) is 7.63. The first kappa shape index (κ1) is 28.2. The Morgan fingerprint density at radius 3 is 1.85 bits per heavy atom. The van der Waals surface area contributed by atoms with Crippen molar-refractivity contribution in [1.29, 1.82) is 0 Å². The molecule has 0 amide bonds. The monoisotopic (exact) mass is 514 g/mol. The average molecular weight is 515 g/mol. The second kappa shape index (κ2) is 14.4. The highest BCUT2D eigenvalue weighted by atomic mass is 14.8. The van der Waals surface area contributed by atoms with E-state index < -0.39 is 0 Å². The summed E-state index contributed by atoms with van der Waals surface area (Å²) in [5, 5.41) is 0. The van der Waals surface area contributed by atoms with Crippen LogP contribution in [0.5, 0.6) is 0 Å². The summed E-state index contributed by atoms with van der Waals surface area (Å²) in [7, 11) is 0. The number of aliphatic imine (C=N–C) groups is 2. The van der Waals surface area contributed by atoms with Gasteiger partial charge in [0, 0.05) is 6.21 Å². The molecule has 0 heterocycles. The van der Waals surface area contributed by atoms with Crippen LogP contribution in [0.3, 0.4) is 0 Å². The van der Waals surface area contributed by atoms with Gasteiger partial charge in [0.15, 0.2) is 0 Å². The van der Waals surface area contributed by atoms with E-state index in [0.717, 1.165) is 36.3 Å². The molecule has 0 unspecified atom stereocenters. The van der Waals surface area contributed by atoms with Gasteiger partial charge in [-0.3, -0.25) is 9.98 Å². The van der Waals surface area contributed by atoms with E-state index in [-0.39, 0.29) is 0 Å². The van der Waals surface area contributed by atoms with Crippen molar-refractivity contribution >= 4 is 23.3 Å². The molecule has 0 fully saturated rings. The number of hydrogen-bond donors (Lipinski definition) is 0. The first-order valence-corrected chi connectivity index (χ1v) is 14.6. The first-order chi connectivity index (χ1) is 19.1. The highest BCUT2D eigenvalue weighted by Gasteiger charge is 2.11. The number of aryl methyl sites for hydroxylation is 2. The smallest absolute Gasteiger partial charge is 0.0639 e. The molecule has 2 nitrogen and oxygen atoms in total. The van der Waals surface area contributed by atoms with Crippen molar-refractivity contribution in [2.45, 2.75) is 72.6 Å². The van der Waals surface area contributed by atoms with E-state index in [1.165, 1.54) is 64.6 Å². The summed E-state index contributed by atoms with van der Waals surface area (Å²) in [6, 6.07) is 32.5. The molecule has 0 aromatic heterocycles. The molecule has 0 aliphatic rings. The van der Waals surface area contributed by atoms with E-state index >= 15 is 0 Å². The van der Waals surface area contributed by atoms with Crippen LogP contribution < -0.4 is 0 Å². The third-order valence-electron chi connectivity index (χ3n) is 7.25.